The topological polar surface area (TPSA) is 78.8 Å². The second kappa shape index (κ2) is 6.90. The second-order valence-electron chi connectivity index (χ2n) is 4.89. The summed E-state index contributed by atoms with van der Waals surface area (Å²) in [4.78, 5) is 27.7. The van der Waals surface area contributed by atoms with Gasteiger partial charge in [-0.1, -0.05) is 29.8 Å². The molecule has 1 fully saturated rings. The van der Waals surface area contributed by atoms with Crippen molar-refractivity contribution < 1.29 is 14.7 Å². The van der Waals surface area contributed by atoms with Gasteiger partial charge in [-0.2, -0.15) is 0 Å². The molecule has 0 atom stereocenters. The summed E-state index contributed by atoms with van der Waals surface area (Å²) in [5, 5.41) is 12.6. The van der Waals surface area contributed by atoms with Gasteiger partial charge >= 0.3 is 5.97 Å². The van der Waals surface area contributed by atoms with Crippen molar-refractivity contribution in [1.82, 2.24) is 5.32 Å². The van der Waals surface area contributed by atoms with E-state index in [-0.39, 0.29) is 11.5 Å². The number of nitrogens with zero attached hydrogens (tertiary/aromatic N) is 1. The molecule has 3 rings (SSSR count). The Bertz CT molecular complexity index is 876. The minimum Gasteiger partial charge on any atom is -0.478 e. The fraction of sp³-hybridized carbons (Fsp3) is 0. The third kappa shape index (κ3) is 3.84. The van der Waals surface area contributed by atoms with Gasteiger partial charge in [0.1, 0.15) is 0 Å². The number of carboxylic acids is 1. The van der Waals surface area contributed by atoms with Gasteiger partial charge in [0, 0.05) is 5.02 Å². The molecule has 1 aliphatic heterocycles. The summed E-state index contributed by atoms with van der Waals surface area (Å²) in [5.74, 6) is -1.23. The predicted molar refractivity (Wildman–Crippen MR) is 95.7 cm³/mol. The molecule has 2 aromatic rings. The summed E-state index contributed by atoms with van der Waals surface area (Å²) in [5.41, 5.74) is 1.59. The molecule has 1 heterocycles. The van der Waals surface area contributed by atoms with E-state index < -0.39 is 5.97 Å². The highest BCUT2D eigenvalue weighted by Gasteiger charge is 2.23. The normalized spacial score (nSPS) is 17.3. The Labute approximate surface area is 147 Å². The van der Waals surface area contributed by atoms with Gasteiger partial charge in [0.15, 0.2) is 5.17 Å². The lowest BCUT2D eigenvalue weighted by Crippen LogP contribution is -2.19. The average Bonchev–Trinajstić information content (AvgIpc) is 2.87. The smallest absolute Gasteiger partial charge is 0.335 e. The molecule has 0 radical (unpaired) electrons. The summed E-state index contributed by atoms with van der Waals surface area (Å²) < 4.78 is 0. The molecule has 120 valence electrons. The lowest BCUT2D eigenvalue weighted by Gasteiger charge is -1.97. The van der Waals surface area contributed by atoms with Gasteiger partial charge in [-0.3, -0.25) is 4.79 Å². The Balaban J connectivity index is 1.80. The van der Waals surface area contributed by atoms with Crippen molar-refractivity contribution >= 4 is 52.2 Å². The van der Waals surface area contributed by atoms with Gasteiger partial charge in [0.25, 0.3) is 5.91 Å². The monoisotopic (exact) mass is 358 g/mol. The number of aliphatic imine (C=N–C) groups is 1. The fourth-order valence-electron chi connectivity index (χ4n) is 2.02. The molecular weight excluding hydrogens is 348 g/mol. The van der Waals surface area contributed by atoms with Crippen LogP contribution in [-0.4, -0.2) is 22.2 Å². The van der Waals surface area contributed by atoms with Crippen molar-refractivity contribution in [3.05, 3.63) is 69.6 Å². The van der Waals surface area contributed by atoms with Crippen molar-refractivity contribution in [2.24, 2.45) is 4.99 Å². The SMILES string of the molecule is O=C1NC(=Nc2cccc(Cl)c2)S/C1=C/c1ccc(C(=O)O)cc1. The number of carboxylic acid groups (broad SMARTS) is 1. The van der Waals surface area contributed by atoms with Gasteiger partial charge in [0.05, 0.1) is 16.2 Å². The zero-order valence-corrected chi connectivity index (χ0v) is 13.8. The molecule has 0 aromatic heterocycles. The number of carbonyl (C=O) groups is 2. The van der Waals surface area contributed by atoms with Crippen molar-refractivity contribution in [1.29, 1.82) is 0 Å². The first-order valence-corrected chi connectivity index (χ1v) is 8.09. The number of nitrogens with one attached hydrogen (secondary N) is 1. The molecule has 2 N–H and O–H groups in total. The summed E-state index contributed by atoms with van der Waals surface area (Å²) in [7, 11) is 0. The zero-order chi connectivity index (χ0) is 17.1. The van der Waals surface area contributed by atoms with E-state index in [0.29, 0.717) is 20.8 Å². The number of amides is 1. The maximum absolute atomic E-state index is 12.0. The Hall–Kier alpha value is -2.57. The molecule has 2 aromatic carbocycles. The highest BCUT2D eigenvalue weighted by atomic mass is 35.5. The molecule has 0 spiro atoms. The van der Waals surface area contributed by atoms with Crippen LogP contribution in [0, 0.1) is 0 Å². The van der Waals surface area contributed by atoms with E-state index in [1.807, 2.05) is 0 Å². The van der Waals surface area contributed by atoms with Gasteiger partial charge in [-0.05, 0) is 53.7 Å². The molecule has 1 amide bonds. The number of carbonyl (C=O) groups excluding carboxylic acids is 1. The Morgan fingerprint density at radius 2 is 1.96 bits per heavy atom. The zero-order valence-electron chi connectivity index (χ0n) is 12.2. The van der Waals surface area contributed by atoms with Crippen LogP contribution in [0.15, 0.2) is 58.4 Å². The van der Waals surface area contributed by atoms with Gasteiger partial charge in [-0.15, -0.1) is 0 Å². The third-order valence-electron chi connectivity index (χ3n) is 3.15. The molecule has 7 heteroatoms. The van der Waals surface area contributed by atoms with Gasteiger partial charge in [0.2, 0.25) is 0 Å². The average molecular weight is 359 g/mol. The first kappa shape index (κ1) is 16.3. The van der Waals surface area contributed by atoms with E-state index in [9.17, 15) is 9.59 Å². The molecule has 0 bridgehead atoms. The van der Waals surface area contributed by atoms with Crippen molar-refractivity contribution in [3.8, 4) is 0 Å². The number of aromatic carboxylic acids is 1. The van der Waals surface area contributed by atoms with E-state index >= 15 is 0 Å². The summed E-state index contributed by atoms with van der Waals surface area (Å²) in [6.07, 6.45) is 1.69. The molecule has 24 heavy (non-hydrogen) atoms. The summed E-state index contributed by atoms with van der Waals surface area (Å²) >= 11 is 7.13. The molecule has 0 unspecified atom stereocenters. The van der Waals surface area contributed by atoms with Crippen molar-refractivity contribution in [2.45, 2.75) is 0 Å². The Morgan fingerprint density at radius 1 is 1.21 bits per heavy atom. The van der Waals surface area contributed by atoms with Crippen molar-refractivity contribution in [2.75, 3.05) is 0 Å². The maximum atomic E-state index is 12.0. The largest absolute Gasteiger partial charge is 0.478 e. The van der Waals surface area contributed by atoms with E-state index in [4.69, 9.17) is 16.7 Å². The molecule has 0 saturated carbocycles. The highest BCUT2D eigenvalue weighted by molar-refractivity contribution is 8.18. The summed E-state index contributed by atoms with van der Waals surface area (Å²) in [6, 6.07) is 13.3. The summed E-state index contributed by atoms with van der Waals surface area (Å²) in [6.45, 7) is 0. The van der Waals surface area contributed by atoms with Crippen LogP contribution in [0.2, 0.25) is 5.02 Å². The van der Waals surface area contributed by atoms with Crippen LogP contribution in [0.1, 0.15) is 15.9 Å². The molecule has 1 saturated heterocycles. The van der Waals surface area contributed by atoms with Crippen molar-refractivity contribution in [3.63, 3.8) is 0 Å². The van der Waals surface area contributed by atoms with Crippen LogP contribution in [-0.2, 0) is 4.79 Å². The molecular formula is C17H11ClN2O3S. The number of thioether (sulfide) groups is 1. The fourth-order valence-corrected chi connectivity index (χ4v) is 3.04. The van der Waals surface area contributed by atoms with E-state index in [0.717, 1.165) is 5.56 Å². The van der Waals surface area contributed by atoms with Crippen LogP contribution >= 0.6 is 23.4 Å². The molecule has 0 aliphatic carbocycles. The van der Waals surface area contributed by atoms with E-state index in [2.05, 4.69) is 10.3 Å². The van der Waals surface area contributed by atoms with Crippen LogP contribution < -0.4 is 5.32 Å². The number of amidine groups is 1. The minimum absolute atomic E-state index is 0.198. The lowest BCUT2D eigenvalue weighted by molar-refractivity contribution is -0.115. The van der Waals surface area contributed by atoms with Crippen LogP contribution in [0.3, 0.4) is 0 Å². The van der Waals surface area contributed by atoms with Crippen LogP contribution in [0.25, 0.3) is 6.08 Å². The highest BCUT2D eigenvalue weighted by Crippen LogP contribution is 2.28. The van der Waals surface area contributed by atoms with Crippen LogP contribution in [0.5, 0.6) is 0 Å². The number of rotatable bonds is 3. The predicted octanol–water partition coefficient (Wildman–Crippen LogP) is 3.93. The molecule has 5 nitrogen and oxygen atoms in total. The number of hydrogen-bond acceptors (Lipinski definition) is 4. The number of benzene rings is 2. The first-order valence-electron chi connectivity index (χ1n) is 6.90. The minimum atomic E-state index is -0.988. The van der Waals surface area contributed by atoms with Crippen LogP contribution in [0.4, 0.5) is 5.69 Å². The Morgan fingerprint density at radius 3 is 2.62 bits per heavy atom. The second-order valence-corrected chi connectivity index (χ2v) is 6.36. The lowest BCUT2D eigenvalue weighted by atomic mass is 10.1. The third-order valence-corrected chi connectivity index (χ3v) is 4.29. The van der Waals surface area contributed by atoms with Gasteiger partial charge in [-0.25, -0.2) is 9.79 Å². The van der Waals surface area contributed by atoms with E-state index in [1.54, 1.807) is 42.5 Å². The quantitative estimate of drug-likeness (QED) is 0.815. The number of halogens is 1. The van der Waals surface area contributed by atoms with Gasteiger partial charge < -0.3 is 10.4 Å². The first-order chi connectivity index (χ1) is 11.5. The standard InChI is InChI=1S/C17H11ClN2O3S/c18-12-2-1-3-13(9-12)19-17-20-15(21)14(24-17)8-10-4-6-11(7-5-10)16(22)23/h1-9H,(H,22,23)(H,19,20,21)/b14-8+. The van der Waals surface area contributed by atoms with E-state index in [1.165, 1.54) is 23.9 Å². The number of hydrogen-bond donors (Lipinski definition) is 2. The molecule has 1 aliphatic rings. The Kier molecular flexibility index (Phi) is 4.69. The maximum Gasteiger partial charge on any atom is 0.335 e.